The van der Waals surface area contributed by atoms with Crippen LogP contribution < -0.4 is 0 Å². The largest absolute Gasteiger partial charge is 0.476 e. The maximum atomic E-state index is 11.4. The highest BCUT2D eigenvalue weighted by atomic mass is 32.2. The van der Waals surface area contributed by atoms with Crippen LogP contribution >= 0.6 is 0 Å². The second-order valence-electron chi connectivity index (χ2n) is 3.54. The molecule has 2 rings (SSSR count). The van der Waals surface area contributed by atoms with E-state index in [2.05, 4.69) is 5.10 Å². The summed E-state index contributed by atoms with van der Waals surface area (Å²) in [6.45, 7) is 0. The Morgan fingerprint density at radius 3 is 2.80 bits per heavy atom. The molecule has 0 saturated heterocycles. The quantitative estimate of drug-likeness (QED) is 0.708. The van der Waals surface area contributed by atoms with E-state index in [-0.39, 0.29) is 23.6 Å². The smallest absolute Gasteiger partial charge is 0.356 e. The molecule has 15 heavy (non-hydrogen) atoms. The summed E-state index contributed by atoms with van der Waals surface area (Å²) >= 11 is 0. The number of aromatic carboxylic acids is 1. The predicted molar refractivity (Wildman–Crippen MR) is 51.4 cm³/mol. The van der Waals surface area contributed by atoms with Gasteiger partial charge in [0.2, 0.25) is 0 Å². The highest BCUT2D eigenvalue weighted by Crippen LogP contribution is 2.23. The molecule has 0 unspecified atom stereocenters. The van der Waals surface area contributed by atoms with Gasteiger partial charge in [-0.15, -0.1) is 0 Å². The fourth-order valence-electron chi connectivity index (χ4n) is 1.76. The third-order valence-electron chi connectivity index (χ3n) is 2.50. The van der Waals surface area contributed by atoms with E-state index in [9.17, 15) is 13.2 Å². The van der Waals surface area contributed by atoms with E-state index < -0.39 is 15.8 Å². The van der Waals surface area contributed by atoms with Crippen molar-refractivity contribution < 1.29 is 18.3 Å². The SMILES string of the molecule is Cn1nc(C(=O)O)c2c1CS(=O)(=O)CC2. The van der Waals surface area contributed by atoms with Gasteiger partial charge in [0.25, 0.3) is 0 Å². The second kappa shape index (κ2) is 3.06. The van der Waals surface area contributed by atoms with E-state index in [4.69, 9.17) is 5.11 Å². The molecule has 0 atom stereocenters. The Hall–Kier alpha value is -1.37. The molecular formula is C8H10N2O4S. The van der Waals surface area contributed by atoms with Crippen molar-refractivity contribution in [3.05, 3.63) is 17.0 Å². The summed E-state index contributed by atoms with van der Waals surface area (Å²) in [7, 11) is -1.52. The van der Waals surface area contributed by atoms with Crippen molar-refractivity contribution >= 4 is 15.8 Å². The summed E-state index contributed by atoms with van der Waals surface area (Å²) in [6, 6.07) is 0. The minimum Gasteiger partial charge on any atom is -0.476 e. The third kappa shape index (κ3) is 1.63. The lowest BCUT2D eigenvalue weighted by atomic mass is 10.1. The molecule has 0 saturated carbocycles. The number of nitrogens with zero attached hydrogens (tertiary/aromatic N) is 2. The Bertz CT molecular complexity index is 529. The second-order valence-corrected chi connectivity index (χ2v) is 5.73. The molecule has 0 radical (unpaired) electrons. The number of carboxylic acid groups (broad SMARTS) is 1. The van der Waals surface area contributed by atoms with Gasteiger partial charge in [0.05, 0.1) is 17.2 Å². The molecule has 1 aromatic rings. The van der Waals surface area contributed by atoms with E-state index in [1.807, 2.05) is 0 Å². The van der Waals surface area contributed by atoms with Crippen LogP contribution in [-0.2, 0) is 29.1 Å². The number of hydrogen-bond acceptors (Lipinski definition) is 4. The van der Waals surface area contributed by atoms with Gasteiger partial charge in [-0.05, 0) is 6.42 Å². The van der Waals surface area contributed by atoms with E-state index in [1.54, 1.807) is 7.05 Å². The van der Waals surface area contributed by atoms with Gasteiger partial charge in [-0.3, -0.25) is 4.68 Å². The molecular weight excluding hydrogens is 220 g/mol. The van der Waals surface area contributed by atoms with Crippen LogP contribution in [-0.4, -0.2) is 35.0 Å². The molecule has 0 fully saturated rings. The van der Waals surface area contributed by atoms with E-state index in [0.29, 0.717) is 11.3 Å². The lowest BCUT2D eigenvalue weighted by Gasteiger charge is -2.12. The first-order valence-electron chi connectivity index (χ1n) is 4.39. The van der Waals surface area contributed by atoms with Gasteiger partial charge >= 0.3 is 5.97 Å². The van der Waals surface area contributed by atoms with Gasteiger partial charge in [-0.1, -0.05) is 0 Å². The van der Waals surface area contributed by atoms with Gasteiger partial charge in [0, 0.05) is 12.6 Å². The zero-order chi connectivity index (χ0) is 11.2. The summed E-state index contributed by atoms with van der Waals surface area (Å²) in [6.07, 6.45) is 0.243. The Labute approximate surface area is 86.4 Å². The van der Waals surface area contributed by atoms with Crippen molar-refractivity contribution in [2.75, 3.05) is 5.75 Å². The van der Waals surface area contributed by atoms with Crippen LogP contribution in [0.5, 0.6) is 0 Å². The van der Waals surface area contributed by atoms with Crippen LogP contribution in [0.15, 0.2) is 0 Å². The Morgan fingerprint density at radius 1 is 1.53 bits per heavy atom. The minimum absolute atomic E-state index is 0.00593. The molecule has 1 N–H and O–H groups in total. The molecule has 1 aliphatic heterocycles. The van der Waals surface area contributed by atoms with Gasteiger partial charge in [0.15, 0.2) is 15.5 Å². The zero-order valence-electron chi connectivity index (χ0n) is 8.10. The highest BCUT2D eigenvalue weighted by Gasteiger charge is 2.29. The molecule has 2 heterocycles. The Balaban J connectivity index is 2.58. The molecule has 0 amide bonds. The van der Waals surface area contributed by atoms with Crippen molar-refractivity contribution in [2.24, 2.45) is 7.05 Å². The van der Waals surface area contributed by atoms with Crippen LogP contribution in [0.1, 0.15) is 21.7 Å². The first-order valence-corrected chi connectivity index (χ1v) is 6.21. The monoisotopic (exact) mass is 230 g/mol. The average molecular weight is 230 g/mol. The topological polar surface area (TPSA) is 89.3 Å². The summed E-state index contributed by atoms with van der Waals surface area (Å²) in [5.74, 6) is -1.21. The number of fused-ring (bicyclic) bond motifs is 1. The predicted octanol–water partition coefficient (Wildman–Crippen LogP) is -0.411. The number of aromatic nitrogens is 2. The maximum Gasteiger partial charge on any atom is 0.356 e. The highest BCUT2D eigenvalue weighted by molar-refractivity contribution is 7.90. The van der Waals surface area contributed by atoms with Gasteiger partial charge < -0.3 is 5.11 Å². The summed E-state index contributed by atoms with van der Waals surface area (Å²) in [5.41, 5.74) is 1.03. The first-order chi connectivity index (χ1) is 6.91. The molecule has 1 aliphatic rings. The molecule has 0 bridgehead atoms. The van der Waals surface area contributed by atoms with Crippen LogP contribution in [0.2, 0.25) is 0 Å². The number of sulfone groups is 1. The number of carboxylic acids is 1. The molecule has 1 aromatic heterocycles. The number of hydrogen-bond donors (Lipinski definition) is 1. The molecule has 82 valence electrons. The Morgan fingerprint density at radius 2 is 2.20 bits per heavy atom. The van der Waals surface area contributed by atoms with Crippen LogP contribution in [0, 0.1) is 0 Å². The fraction of sp³-hybridized carbons (Fsp3) is 0.500. The lowest BCUT2D eigenvalue weighted by Crippen LogP contribution is -2.20. The van der Waals surface area contributed by atoms with Crippen molar-refractivity contribution in [3.63, 3.8) is 0 Å². The fourth-order valence-corrected chi connectivity index (χ4v) is 3.19. The minimum atomic E-state index is -3.08. The van der Waals surface area contributed by atoms with Crippen LogP contribution in [0.25, 0.3) is 0 Å². The molecule has 0 spiro atoms. The Kier molecular flexibility index (Phi) is 2.07. The number of aryl methyl sites for hydroxylation is 1. The summed E-state index contributed by atoms with van der Waals surface area (Å²) in [5, 5.41) is 12.7. The van der Waals surface area contributed by atoms with Crippen molar-refractivity contribution in [1.82, 2.24) is 9.78 Å². The third-order valence-corrected chi connectivity index (χ3v) is 4.04. The molecule has 0 aliphatic carbocycles. The van der Waals surface area contributed by atoms with E-state index >= 15 is 0 Å². The lowest BCUT2D eigenvalue weighted by molar-refractivity contribution is 0.0688. The van der Waals surface area contributed by atoms with Gasteiger partial charge in [-0.25, -0.2) is 13.2 Å². The normalized spacial score (nSPS) is 18.5. The number of carbonyl (C=O) groups is 1. The molecule has 0 aromatic carbocycles. The zero-order valence-corrected chi connectivity index (χ0v) is 8.91. The van der Waals surface area contributed by atoms with Crippen molar-refractivity contribution in [2.45, 2.75) is 12.2 Å². The van der Waals surface area contributed by atoms with Gasteiger partial charge in [-0.2, -0.15) is 5.10 Å². The molecule has 6 nitrogen and oxygen atoms in total. The summed E-state index contributed by atoms with van der Waals surface area (Å²) in [4.78, 5) is 10.8. The van der Waals surface area contributed by atoms with Gasteiger partial charge in [0.1, 0.15) is 0 Å². The van der Waals surface area contributed by atoms with Crippen molar-refractivity contribution in [1.29, 1.82) is 0 Å². The van der Waals surface area contributed by atoms with E-state index in [0.717, 1.165) is 0 Å². The maximum absolute atomic E-state index is 11.4. The van der Waals surface area contributed by atoms with Crippen molar-refractivity contribution in [3.8, 4) is 0 Å². The first kappa shape index (κ1) is 10.2. The summed E-state index contributed by atoms with van der Waals surface area (Å²) < 4.78 is 24.1. The van der Waals surface area contributed by atoms with Crippen LogP contribution in [0.3, 0.4) is 0 Å². The van der Waals surface area contributed by atoms with E-state index in [1.165, 1.54) is 4.68 Å². The standard InChI is InChI=1S/C8H10N2O4S/c1-10-6-4-15(13,14)3-2-5(6)7(9-10)8(11)12/h2-4H2,1H3,(H,11,12). The van der Waals surface area contributed by atoms with Crippen LogP contribution in [0.4, 0.5) is 0 Å². The molecule has 7 heteroatoms. The number of rotatable bonds is 1. The average Bonchev–Trinajstić information content (AvgIpc) is 2.42.